The second kappa shape index (κ2) is 11.9. The summed E-state index contributed by atoms with van der Waals surface area (Å²) in [5.41, 5.74) is 0. The second-order valence-corrected chi connectivity index (χ2v) is 6.97. The monoisotopic (exact) mass is 450 g/mol. The molecule has 24 heavy (non-hydrogen) atoms. The van der Waals surface area contributed by atoms with E-state index in [9.17, 15) is 4.79 Å². The topological polar surface area (TPSA) is 56.7 Å². The normalized spacial score (nSPS) is 22.2. The molecule has 2 rings (SSSR count). The van der Waals surface area contributed by atoms with Crippen molar-refractivity contribution in [1.82, 2.24) is 15.5 Å². The average Bonchev–Trinajstić information content (AvgIpc) is 3.06. The number of nitrogens with one attached hydrogen (secondary N) is 2. The highest BCUT2D eigenvalue weighted by atomic mass is 127. The van der Waals surface area contributed by atoms with E-state index in [0.717, 1.165) is 37.9 Å². The number of carbonyl (C=O) groups is 1. The van der Waals surface area contributed by atoms with Crippen molar-refractivity contribution in [1.29, 1.82) is 0 Å². The molecule has 2 N–H and O–H groups in total. The number of likely N-dealkylation sites (tertiary alicyclic amines) is 1. The van der Waals surface area contributed by atoms with Crippen molar-refractivity contribution in [2.75, 3.05) is 26.7 Å². The van der Waals surface area contributed by atoms with Crippen LogP contribution in [0.5, 0.6) is 0 Å². The first-order valence-electron chi connectivity index (χ1n) is 9.48. The lowest BCUT2D eigenvalue weighted by atomic mass is 9.86. The summed E-state index contributed by atoms with van der Waals surface area (Å²) in [6, 6.07) is 0.329. The fourth-order valence-corrected chi connectivity index (χ4v) is 3.79. The van der Waals surface area contributed by atoms with E-state index in [2.05, 4.69) is 15.6 Å². The summed E-state index contributed by atoms with van der Waals surface area (Å²) in [7, 11) is 1.82. The van der Waals surface area contributed by atoms with Gasteiger partial charge in [-0.2, -0.15) is 0 Å². The number of hydrogen-bond acceptors (Lipinski definition) is 2. The molecular formula is C18H35IN4O. The predicted octanol–water partition coefficient (Wildman–Crippen LogP) is 3.14. The van der Waals surface area contributed by atoms with Crippen LogP contribution in [0.1, 0.15) is 64.7 Å². The zero-order chi connectivity index (χ0) is 16.5. The van der Waals surface area contributed by atoms with Gasteiger partial charge in [0.15, 0.2) is 5.96 Å². The number of nitrogens with zero attached hydrogens (tertiary/aromatic N) is 2. The highest BCUT2D eigenvalue weighted by molar-refractivity contribution is 14.0. The molecule has 0 aromatic carbocycles. The number of hydrogen-bond donors (Lipinski definition) is 2. The zero-order valence-electron chi connectivity index (χ0n) is 15.4. The van der Waals surface area contributed by atoms with Crippen LogP contribution in [0.3, 0.4) is 0 Å². The first-order valence-corrected chi connectivity index (χ1v) is 9.48. The van der Waals surface area contributed by atoms with Crippen LogP contribution in [0.15, 0.2) is 4.99 Å². The van der Waals surface area contributed by atoms with Crippen LogP contribution >= 0.6 is 24.0 Å². The minimum absolute atomic E-state index is 0. The maximum Gasteiger partial charge on any atom is 0.222 e. The van der Waals surface area contributed by atoms with Crippen molar-refractivity contribution in [2.45, 2.75) is 70.8 Å². The highest BCUT2D eigenvalue weighted by Crippen LogP contribution is 2.26. The quantitative estimate of drug-likeness (QED) is 0.283. The van der Waals surface area contributed by atoms with E-state index in [-0.39, 0.29) is 29.9 Å². The average molecular weight is 450 g/mol. The molecule has 0 aromatic rings. The predicted molar refractivity (Wildman–Crippen MR) is 111 cm³/mol. The Hall–Kier alpha value is -0.530. The fourth-order valence-electron chi connectivity index (χ4n) is 3.79. The van der Waals surface area contributed by atoms with E-state index >= 15 is 0 Å². The van der Waals surface area contributed by atoms with Gasteiger partial charge in [0.1, 0.15) is 0 Å². The Morgan fingerprint density at radius 3 is 2.62 bits per heavy atom. The molecule has 1 aliphatic heterocycles. The van der Waals surface area contributed by atoms with Gasteiger partial charge < -0.3 is 15.5 Å². The van der Waals surface area contributed by atoms with Crippen LogP contribution in [0.2, 0.25) is 0 Å². The third kappa shape index (κ3) is 7.15. The Labute approximate surface area is 164 Å². The molecule has 6 heteroatoms. The Balaban J connectivity index is 0.00000288. The Morgan fingerprint density at radius 1 is 1.21 bits per heavy atom. The lowest BCUT2D eigenvalue weighted by Crippen LogP contribution is -2.45. The number of guanidine groups is 1. The van der Waals surface area contributed by atoms with E-state index in [4.69, 9.17) is 0 Å². The standard InChI is InChI=1S/C18H34N4O.HI/c1-3-17(23)22-13-11-16(14-22)21-18(19-2)20-12-7-10-15-8-5-4-6-9-15;/h15-16H,3-14H2,1-2H3,(H2,19,20,21);1H. The molecule has 1 atom stereocenters. The fraction of sp³-hybridized carbons (Fsp3) is 0.889. The van der Waals surface area contributed by atoms with Crippen LogP contribution in [0, 0.1) is 5.92 Å². The number of carbonyl (C=O) groups excluding carboxylic acids is 1. The van der Waals surface area contributed by atoms with Gasteiger partial charge in [0.25, 0.3) is 0 Å². The molecule has 1 unspecified atom stereocenters. The van der Waals surface area contributed by atoms with Gasteiger partial charge in [-0.3, -0.25) is 9.79 Å². The van der Waals surface area contributed by atoms with Gasteiger partial charge >= 0.3 is 0 Å². The van der Waals surface area contributed by atoms with Crippen molar-refractivity contribution >= 4 is 35.8 Å². The third-order valence-electron chi connectivity index (χ3n) is 5.21. The largest absolute Gasteiger partial charge is 0.356 e. The van der Waals surface area contributed by atoms with Crippen LogP contribution in [0.25, 0.3) is 0 Å². The summed E-state index contributed by atoms with van der Waals surface area (Å²) in [5.74, 6) is 2.08. The third-order valence-corrected chi connectivity index (χ3v) is 5.21. The molecule has 1 aliphatic carbocycles. The summed E-state index contributed by atoms with van der Waals surface area (Å²) in [5, 5.41) is 6.89. The zero-order valence-corrected chi connectivity index (χ0v) is 17.7. The molecule has 0 radical (unpaired) electrons. The summed E-state index contributed by atoms with van der Waals surface area (Å²) >= 11 is 0. The minimum atomic E-state index is 0. The van der Waals surface area contributed by atoms with Crippen molar-refractivity contribution < 1.29 is 4.79 Å². The summed E-state index contributed by atoms with van der Waals surface area (Å²) < 4.78 is 0. The molecule has 0 bridgehead atoms. The van der Waals surface area contributed by atoms with Gasteiger partial charge in [-0.15, -0.1) is 24.0 Å². The van der Waals surface area contributed by atoms with Gasteiger partial charge in [0, 0.05) is 39.1 Å². The highest BCUT2D eigenvalue weighted by Gasteiger charge is 2.25. The molecule has 2 aliphatic rings. The molecule has 140 valence electrons. The van der Waals surface area contributed by atoms with E-state index in [0.29, 0.717) is 12.5 Å². The van der Waals surface area contributed by atoms with Crippen LogP contribution in [0.4, 0.5) is 0 Å². The Morgan fingerprint density at radius 2 is 1.96 bits per heavy atom. The smallest absolute Gasteiger partial charge is 0.222 e. The van der Waals surface area contributed by atoms with Gasteiger partial charge in [-0.25, -0.2) is 0 Å². The van der Waals surface area contributed by atoms with Crippen LogP contribution in [-0.2, 0) is 4.79 Å². The number of rotatable bonds is 6. The van der Waals surface area contributed by atoms with Crippen molar-refractivity contribution in [3.8, 4) is 0 Å². The second-order valence-electron chi connectivity index (χ2n) is 6.97. The van der Waals surface area contributed by atoms with Gasteiger partial charge in [0.2, 0.25) is 5.91 Å². The SMILES string of the molecule is CCC(=O)N1CCC(NC(=NC)NCCCC2CCCCC2)C1.I. The molecule has 0 spiro atoms. The van der Waals surface area contributed by atoms with E-state index in [1.54, 1.807) is 0 Å². The molecule has 1 heterocycles. The van der Waals surface area contributed by atoms with Crippen molar-refractivity contribution in [3.05, 3.63) is 0 Å². The molecule has 1 amide bonds. The van der Waals surface area contributed by atoms with Crippen molar-refractivity contribution in [3.63, 3.8) is 0 Å². The maximum atomic E-state index is 11.7. The molecular weight excluding hydrogens is 415 g/mol. The molecule has 1 saturated heterocycles. The Kier molecular flexibility index (Phi) is 10.7. The van der Waals surface area contributed by atoms with Crippen molar-refractivity contribution in [2.24, 2.45) is 10.9 Å². The minimum Gasteiger partial charge on any atom is -0.356 e. The van der Waals surface area contributed by atoms with Gasteiger partial charge in [0.05, 0.1) is 0 Å². The maximum absolute atomic E-state index is 11.7. The Bertz CT molecular complexity index is 396. The van der Waals surface area contributed by atoms with Crippen LogP contribution in [-0.4, -0.2) is 49.5 Å². The van der Waals surface area contributed by atoms with E-state index in [1.165, 1.54) is 44.9 Å². The molecule has 1 saturated carbocycles. The first kappa shape index (κ1) is 21.5. The van der Waals surface area contributed by atoms with Gasteiger partial charge in [-0.05, 0) is 25.2 Å². The molecule has 2 fully saturated rings. The lowest BCUT2D eigenvalue weighted by molar-refractivity contribution is -0.129. The first-order chi connectivity index (χ1) is 11.2. The summed E-state index contributed by atoms with van der Waals surface area (Å²) in [6.45, 7) is 4.58. The van der Waals surface area contributed by atoms with E-state index < -0.39 is 0 Å². The van der Waals surface area contributed by atoms with Crippen LogP contribution < -0.4 is 10.6 Å². The summed E-state index contributed by atoms with van der Waals surface area (Å²) in [4.78, 5) is 18.0. The van der Waals surface area contributed by atoms with Gasteiger partial charge in [-0.1, -0.05) is 39.0 Å². The number of aliphatic imine (C=N–C) groups is 1. The van der Waals surface area contributed by atoms with E-state index in [1.807, 2.05) is 18.9 Å². The lowest BCUT2D eigenvalue weighted by Gasteiger charge is -2.22. The molecule has 5 nitrogen and oxygen atoms in total. The number of amides is 1. The molecule has 0 aromatic heterocycles. The summed E-state index contributed by atoms with van der Waals surface area (Å²) in [6.07, 6.45) is 11.3. The number of halogens is 1.